The summed E-state index contributed by atoms with van der Waals surface area (Å²) in [7, 11) is 0. The lowest BCUT2D eigenvalue weighted by atomic mass is 10.4. The molecule has 0 unspecified atom stereocenters. The average Bonchev–Trinajstić information content (AvgIpc) is 2.27. The molecule has 0 aromatic carbocycles. The van der Waals surface area contributed by atoms with Gasteiger partial charge < -0.3 is 10.7 Å². The molecule has 0 amide bonds. The van der Waals surface area contributed by atoms with Gasteiger partial charge in [-0.2, -0.15) is 0 Å². The van der Waals surface area contributed by atoms with E-state index >= 15 is 0 Å². The van der Waals surface area contributed by atoms with Gasteiger partial charge in [0.25, 0.3) is 0 Å². The second-order valence-electron chi connectivity index (χ2n) is 2.01. The van der Waals surface area contributed by atoms with Crippen LogP contribution in [-0.4, -0.2) is 15.0 Å². The number of fused-ring (bicyclic) bond motifs is 1. The van der Waals surface area contributed by atoms with E-state index in [1.807, 2.05) is 6.07 Å². The maximum absolute atomic E-state index is 5.40. The third-order valence-electron chi connectivity index (χ3n) is 1.30. The Morgan fingerprint density at radius 3 is 3.00 bits per heavy atom. The number of aromatic nitrogens is 3. The summed E-state index contributed by atoms with van der Waals surface area (Å²) in [6, 6.07) is 1.81. The molecule has 3 N–H and O–H groups in total. The summed E-state index contributed by atoms with van der Waals surface area (Å²) in [4.78, 5) is 10.8. The van der Waals surface area contributed by atoms with E-state index in [1.165, 1.54) is 0 Å². The van der Waals surface area contributed by atoms with Gasteiger partial charge in [-0.1, -0.05) is 0 Å². The zero-order valence-corrected chi connectivity index (χ0v) is 6.43. The Kier molecular flexibility index (Phi) is 1.96. The first-order chi connectivity index (χ1) is 4.86. The molecule has 2 rings (SSSR count). The van der Waals surface area contributed by atoms with Gasteiger partial charge in [0.05, 0.1) is 17.2 Å². The highest BCUT2D eigenvalue weighted by molar-refractivity contribution is 5.85. The molecule has 0 aliphatic rings. The van der Waals surface area contributed by atoms with Gasteiger partial charge in [0.1, 0.15) is 0 Å². The SMILES string of the molecule is Cl.Nc1nc2ccncc2[nH]1. The van der Waals surface area contributed by atoms with Gasteiger partial charge in [-0.25, -0.2) is 4.98 Å². The number of imidazole rings is 1. The summed E-state index contributed by atoms with van der Waals surface area (Å²) in [5.41, 5.74) is 7.13. The molecule has 0 saturated heterocycles. The second kappa shape index (κ2) is 2.75. The topological polar surface area (TPSA) is 67.6 Å². The summed E-state index contributed by atoms with van der Waals surface area (Å²) < 4.78 is 0. The Bertz CT molecular complexity index is 323. The summed E-state index contributed by atoms with van der Waals surface area (Å²) >= 11 is 0. The van der Waals surface area contributed by atoms with E-state index in [-0.39, 0.29) is 12.4 Å². The molecular formula is C6H7ClN4. The van der Waals surface area contributed by atoms with Crippen molar-refractivity contribution in [2.45, 2.75) is 0 Å². The van der Waals surface area contributed by atoms with Gasteiger partial charge >= 0.3 is 0 Å². The molecule has 0 spiro atoms. The fourth-order valence-electron chi connectivity index (χ4n) is 0.877. The predicted molar refractivity (Wildman–Crippen MR) is 45.5 cm³/mol. The van der Waals surface area contributed by atoms with E-state index in [9.17, 15) is 0 Å². The molecule has 11 heavy (non-hydrogen) atoms. The largest absolute Gasteiger partial charge is 0.369 e. The first kappa shape index (κ1) is 7.81. The number of pyridine rings is 1. The number of rotatable bonds is 0. The van der Waals surface area contributed by atoms with E-state index in [1.54, 1.807) is 12.4 Å². The van der Waals surface area contributed by atoms with Crippen molar-refractivity contribution < 1.29 is 0 Å². The number of nitrogens with one attached hydrogen (secondary N) is 1. The predicted octanol–water partition coefficient (Wildman–Crippen LogP) is 0.962. The van der Waals surface area contributed by atoms with Gasteiger partial charge in [0.15, 0.2) is 5.95 Å². The number of hydrogen-bond acceptors (Lipinski definition) is 3. The zero-order valence-electron chi connectivity index (χ0n) is 5.61. The van der Waals surface area contributed by atoms with E-state index < -0.39 is 0 Å². The Morgan fingerprint density at radius 1 is 1.45 bits per heavy atom. The minimum Gasteiger partial charge on any atom is -0.369 e. The van der Waals surface area contributed by atoms with Gasteiger partial charge in [-0.05, 0) is 6.07 Å². The maximum atomic E-state index is 5.40. The molecule has 2 heterocycles. The van der Waals surface area contributed by atoms with Gasteiger partial charge in [0, 0.05) is 6.20 Å². The highest BCUT2D eigenvalue weighted by Crippen LogP contribution is 2.08. The van der Waals surface area contributed by atoms with Crippen LogP contribution in [0.2, 0.25) is 0 Å². The molecule has 0 aliphatic heterocycles. The molecule has 2 aromatic rings. The highest BCUT2D eigenvalue weighted by atomic mass is 35.5. The van der Waals surface area contributed by atoms with E-state index in [2.05, 4.69) is 15.0 Å². The number of anilines is 1. The Hall–Kier alpha value is -1.29. The Balaban J connectivity index is 0.000000605. The van der Waals surface area contributed by atoms with E-state index in [4.69, 9.17) is 5.73 Å². The van der Waals surface area contributed by atoms with Crippen molar-refractivity contribution in [2.24, 2.45) is 0 Å². The molecule has 0 aliphatic carbocycles. The third kappa shape index (κ3) is 1.25. The van der Waals surface area contributed by atoms with Crippen LogP contribution in [0.1, 0.15) is 0 Å². The number of aromatic amines is 1. The first-order valence-electron chi connectivity index (χ1n) is 2.91. The minimum absolute atomic E-state index is 0. The van der Waals surface area contributed by atoms with Crippen LogP contribution < -0.4 is 5.73 Å². The van der Waals surface area contributed by atoms with Crippen LogP contribution in [-0.2, 0) is 0 Å². The van der Waals surface area contributed by atoms with Crippen LogP contribution in [0.15, 0.2) is 18.5 Å². The van der Waals surface area contributed by atoms with Crippen LogP contribution in [0.3, 0.4) is 0 Å². The fourth-order valence-corrected chi connectivity index (χ4v) is 0.877. The lowest BCUT2D eigenvalue weighted by Gasteiger charge is -1.80. The molecule has 0 fully saturated rings. The van der Waals surface area contributed by atoms with Gasteiger partial charge in [0.2, 0.25) is 0 Å². The normalized spacial score (nSPS) is 9.45. The fraction of sp³-hybridized carbons (Fsp3) is 0. The molecule has 0 radical (unpaired) electrons. The Labute approximate surface area is 69.3 Å². The van der Waals surface area contributed by atoms with E-state index in [0.29, 0.717) is 5.95 Å². The standard InChI is InChI=1S/C6H6N4.ClH/c7-6-9-4-1-2-8-3-5(4)10-6;/h1-3H,(H3,7,9,10);1H. The van der Waals surface area contributed by atoms with Crippen LogP contribution in [0, 0.1) is 0 Å². The van der Waals surface area contributed by atoms with Crippen molar-refractivity contribution in [3.05, 3.63) is 18.5 Å². The van der Waals surface area contributed by atoms with E-state index in [0.717, 1.165) is 11.0 Å². The van der Waals surface area contributed by atoms with Crippen LogP contribution in [0.4, 0.5) is 5.95 Å². The number of nitrogen functional groups attached to an aromatic ring is 1. The van der Waals surface area contributed by atoms with Crippen molar-refractivity contribution in [1.29, 1.82) is 0 Å². The van der Waals surface area contributed by atoms with Crippen molar-refractivity contribution in [2.75, 3.05) is 5.73 Å². The van der Waals surface area contributed by atoms with Gasteiger partial charge in [-0.3, -0.25) is 4.98 Å². The third-order valence-corrected chi connectivity index (χ3v) is 1.30. The molecule has 0 bridgehead atoms. The molecule has 4 nitrogen and oxygen atoms in total. The minimum atomic E-state index is 0. The lowest BCUT2D eigenvalue weighted by Crippen LogP contribution is -1.84. The van der Waals surface area contributed by atoms with Crippen LogP contribution in [0.5, 0.6) is 0 Å². The van der Waals surface area contributed by atoms with Crippen molar-refractivity contribution in [3.63, 3.8) is 0 Å². The smallest absolute Gasteiger partial charge is 0.198 e. The molecule has 0 atom stereocenters. The monoisotopic (exact) mass is 170 g/mol. The summed E-state index contributed by atoms with van der Waals surface area (Å²) in [6.45, 7) is 0. The molecule has 0 saturated carbocycles. The van der Waals surface area contributed by atoms with Crippen LogP contribution >= 0.6 is 12.4 Å². The second-order valence-corrected chi connectivity index (χ2v) is 2.01. The number of hydrogen-bond donors (Lipinski definition) is 2. The zero-order chi connectivity index (χ0) is 6.97. The molecule has 2 aromatic heterocycles. The molecule has 5 heteroatoms. The van der Waals surface area contributed by atoms with Gasteiger partial charge in [-0.15, -0.1) is 12.4 Å². The quantitative estimate of drug-likeness (QED) is 0.619. The molecular weight excluding hydrogens is 164 g/mol. The summed E-state index contributed by atoms with van der Waals surface area (Å²) in [6.07, 6.45) is 3.38. The average molecular weight is 171 g/mol. The Morgan fingerprint density at radius 2 is 2.27 bits per heavy atom. The number of nitrogens with two attached hydrogens (primary N) is 1. The number of halogens is 1. The van der Waals surface area contributed by atoms with Crippen molar-refractivity contribution in [1.82, 2.24) is 15.0 Å². The maximum Gasteiger partial charge on any atom is 0.198 e. The summed E-state index contributed by atoms with van der Waals surface area (Å²) in [5, 5.41) is 0. The first-order valence-corrected chi connectivity index (χ1v) is 2.91. The number of H-pyrrole nitrogens is 1. The summed E-state index contributed by atoms with van der Waals surface area (Å²) in [5.74, 6) is 0.433. The lowest BCUT2D eigenvalue weighted by molar-refractivity contribution is 1.34. The van der Waals surface area contributed by atoms with Crippen molar-refractivity contribution >= 4 is 29.4 Å². The van der Waals surface area contributed by atoms with Crippen LogP contribution in [0.25, 0.3) is 11.0 Å². The molecule has 58 valence electrons. The highest BCUT2D eigenvalue weighted by Gasteiger charge is 1.95. The van der Waals surface area contributed by atoms with Crippen molar-refractivity contribution in [3.8, 4) is 0 Å². The number of nitrogens with zero attached hydrogens (tertiary/aromatic N) is 2.